The van der Waals surface area contributed by atoms with Crippen LogP contribution in [-0.2, 0) is 14.0 Å². The van der Waals surface area contributed by atoms with E-state index in [1.807, 2.05) is 13.0 Å². The molecular formula is C28H42Cl2O4Si. The molecule has 0 unspecified atom stereocenters. The van der Waals surface area contributed by atoms with E-state index in [0.717, 1.165) is 24.8 Å². The minimum Gasteiger partial charge on any atom is -0.412 e. The van der Waals surface area contributed by atoms with E-state index in [1.165, 1.54) is 0 Å². The number of halogens is 2. The molecule has 0 amide bonds. The number of carbonyl (C=O) groups is 2. The van der Waals surface area contributed by atoms with Crippen LogP contribution in [0, 0.1) is 28.6 Å². The Balaban J connectivity index is 1.92. The summed E-state index contributed by atoms with van der Waals surface area (Å²) in [6.45, 7) is 17.3. The van der Waals surface area contributed by atoms with Crippen molar-refractivity contribution < 1.29 is 19.1 Å². The summed E-state index contributed by atoms with van der Waals surface area (Å²) in [5, 5.41) is 12.0. The van der Waals surface area contributed by atoms with Crippen LogP contribution < -0.4 is 0 Å². The molecular weight excluding hydrogens is 499 g/mol. The fraction of sp³-hybridized carbons (Fsp3) is 0.786. The number of ketones is 2. The predicted octanol–water partition coefficient (Wildman–Crippen LogP) is 6.44. The molecule has 8 atom stereocenters. The van der Waals surface area contributed by atoms with Gasteiger partial charge in [-0.05, 0) is 73.7 Å². The molecule has 0 spiro atoms. The highest BCUT2D eigenvalue weighted by Gasteiger charge is 2.75. The third-order valence-electron chi connectivity index (χ3n) is 11.0. The summed E-state index contributed by atoms with van der Waals surface area (Å²) < 4.78 is 7.18. The van der Waals surface area contributed by atoms with Crippen molar-refractivity contribution in [2.45, 2.75) is 102 Å². The van der Waals surface area contributed by atoms with Gasteiger partial charge in [-0.2, -0.15) is 0 Å². The Morgan fingerprint density at radius 2 is 1.89 bits per heavy atom. The topological polar surface area (TPSA) is 63.6 Å². The maximum absolute atomic E-state index is 13.2. The van der Waals surface area contributed by atoms with Crippen LogP contribution in [0.3, 0.4) is 0 Å². The number of aliphatic hydroxyl groups is 1. The fourth-order valence-corrected chi connectivity index (χ4v) is 10.0. The Bertz CT molecular complexity index is 999. The molecule has 3 fully saturated rings. The van der Waals surface area contributed by atoms with E-state index in [2.05, 4.69) is 47.7 Å². The maximum Gasteiger partial charge on any atom is 0.192 e. The summed E-state index contributed by atoms with van der Waals surface area (Å²) in [6, 6.07) is 0. The fourth-order valence-electron chi connectivity index (χ4n) is 7.87. The third kappa shape index (κ3) is 3.51. The lowest BCUT2D eigenvalue weighted by Gasteiger charge is -2.65. The first-order valence-electron chi connectivity index (χ1n) is 13.0. The van der Waals surface area contributed by atoms with Crippen molar-refractivity contribution in [3.05, 3.63) is 23.8 Å². The maximum atomic E-state index is 13.2. The lowest BCUT2D eigenvalue weighted by molar-refractivity contribution is -0.173. The Morgan fingerprint density at radius 3 is 2.46 bits per heavy atom. The molecule has 0 aromatic carbocycles. The number of fused-ring (bicyclic) bond motifs is 5. The summed E-state index contributed by atoms with van der Waals surface area (Å²) in [5.41, 5.74) is -1.68. The molecule has 4 nitrogen and oxygen atoms in total. The van der Waals surface area contributed by atoms with E-state index in [1.54, 1.807) is 12.2 Å². The summed E-state index contributed by atoms with van der Waals surface area (Å²) in [7, 11) is -2.28. The Morgan fingerprint density at radius 1 is 1.26 bits per heavy atom. The first kappa shape index (κ1) is 27.6. The molecule has 0 bridgehead atoms. The molecule has 0 heterocycles. The number of alkyl halides is 2. The molecule has 4 aliphatic carbocycles. The van der Waals surface area contributed by atoms with E-state index in [-0.39, 0.29) is 46.3 Å². The van der Waals surface area contributed by atoms with Gasteiger partial charge >= 0.3 is 0 Å². The van der Waals surface area contributed by atoms with Crippen LogP contribution >= 0.6 is 23.2 Å². The molecule has 0 radical (unpaired) electrons. The molecule has 0 aliphatic heterocycles. The van der Waals surface area contributed by atoms with Gasteiger partial charge in [-0.1, -0.05) is 53.2 Å². The molecule has 7 heteroatoms. The standard InChI is InChI=1S/C28H42Cl2O4Si/c1-17-13-21-20-10-9-18-14-19(31)11-12-25(18,5)27(20,30)23(34-35(7,8)24(2,3)4)15-26(21,6)28(17,33)22(32)16-29/h11-12,14,17,20-21,23,33H,9-10,13,15-16H2,1-8H3/t17-,20+,21+,23+,25+,26+,27+,28+/m1/s1. The smallest absolute Gasteiger partial charge is 0.192 e. The van der Waals surface area contributed by atoms with Crippen LogP contribution in [0.2, 0.25) is 18.1 Å². The van der Waals surface area contributed by atoms with Crippen molar-refractivity contribution in [1.82, 2.24) is 0 Å². The van der Waals surface area contributed by atoms with E-state index >= 15 is 0 Å². The van der Waals surface area contributed by atoms with Gasteiger partial charge in [0.05, 0.1) is 16.9 Å². The van der Waals surface area contributed by atoms with Crippen molar-refractivity contribution >= 4 is 43.1 Å². The zero-order chi connectivity index (χ0) is 26.4. The average Bonchev–Trinajstić information content (AvgIpc) is 2.95. The van der Waals surface area contributed by atoms with E-state index in [0.29, 0.717) is 6.42 Å². The number of hydrogen-bond acceptors (Lipinski definition) is 4. The van der Waals surface area contributed by atoms with E-state index < -0.39 is 29.6 Å². The highest BCUT2D eigenvalue weighted by molar-refractivity contribution is 6.74. The van der Waals surface area contributed by atoms with Crippen molar-refractivity contribution in [3.63, 3.8) is 0 Å². The summed E-state index contributed by atoms with van der Waals surface area (Å²) in [4.78, 5) is 24.8. The number of rotatable bonds is 4. The SMILES string of the molecule is C[C@@H]1C[C@H]2[C@@H]3CCC4=CC(=O)C=C[C@]4(C)[C@@]3(Cl)[C@@H](O[Si](C)(C)C(C)(C)C)C[C@]2(C)[C@@]1(O)C(=O)CCl. The lowest BCUT2D eigenvalue weighted by atomic mass is 9.45. The van der Waals surface area contributed by atoms with Gasteiger partial charge in [-0.15, -0.1) is 23.2 Å². The summed E-state index contributed by atoms with van der Waals surface area (Å²) in [5.74, 6) is -0.633. The van der Waals surface area contributed by atoms with Crippen LogP contribution in [0.15, 0.2) is 23.8 Å². The predicted molar refractivity (Wildman–Crippen MR) is 144 cm³/mol. The van der Waals surface area contributed by atoms with Crippen molar-refractivity contribution in [3.8, 4) is 0 Å². The second-order valence-electron chi connectivity index (χ2n) is 13.6. The Kier molecular flexibility index (Phi) is 6.51. The average molecular weight is 542 g/mol. The van der Waals surface area contributed by atoms with Gasteiger partial charge in [0.1, 0.15) is 5.60 Å². The third-order valence-corrected chi connectivity index (χ3v) is 16.6. The highest BCUT2D eigenvalue weighted by atomic mass is 35.5. The molecule has 0 saturated heterocycles. The van der Waals surface area contributed by atoms with Gasteiger partial charge in [0.25, 0.3) is 0 Å². The van der Waals surface area contributed by atoms with Crippen LogP contribution in [0.1, 0.15) is 67.2 Å². The van der Waals surface area contributed by atoms with Crippen LogP contribution in [-0.4, -0.2) is 47.4 Å². The number of carbonyl (C=O) groups excluding carboxylic acids is 2. The van der Waals surface area contributed by atoms with Crippen LogP contribution in [0.25, 0.3) is 0 Å². The van der Waals surface area contributed by atoms with Crippen molar-refractivity contribution in [1.29, 1.82) is 0 Å². The van der Waals surface area contributed by atoms with Gasteiger partial charge in [-0.25, -0.2) is 0 Å². The van der Waals surface area contributed by atoms with Crippen molar-refractivity contribution in [2.75, 3.05) is 5.88 Å². The molecule has 3 saturated carbocycles. The first-order valence-corrected chi connectivity index (χ1v) is 16.8. The van der Waals surface area contributed by atoms with Crippen molar-refractivity contribution in [2.24, 2.45) is 28.6 Å². The minimum atomic E-state index is -2.28. The lowest BCUT2D eigenvalue weighted by Crippen LogP contribution is -2.70. The largest absolute Gasteiger partial charge is 0.412 e. The monoisotopic (exact) mass is 540 g/mol. The molecule has 0 aromatic rings. The molecule has 35 heavy (non-hydrogen) atoms. The highest BCUT2D eigenvalue weighted by Crippen LogP contribution is 2.72. The molecule has 196 valence electrons. The quantitative estimate of drug-likeness (QED) is 0.329. The minimum absolute atomic E-state index is 0.00952. The van der Waals surface area contributed by atoms with Crippen LogP contribution in [0.5, 0.6) is 0 Å². The van der Waals surface area contributed by atoms with Gasteiger partial charge in [-0.3, -0.25) is 9.59 Å². The van der Waals surface area contributed by atoms with E-state index in [4.69, 9.17) is 27.6 Å². The normalized spacial score (nSPS) is 45.5. The Labute approximate surface area is 222 Å². The molecule has 4 aliphatic rings. The first-order chi connectivity index (χ1) is 15.9. The number of hydrogen-bond donors (Lipinski definition) is 1. The Hall–Kier alpha value is -0.463. The molecule has 1 N–H and O–H groups in total. The zero-order valence-electron chi connectivity index (χ0n) is 22.5. The molecule has 4 rings (SSSR count). The van der Waals surface area contributed by atoms with Gasteiger partial charge in [0.15, 0.2) is 19.9 Å². The van der Waals surface area contributed by atoms with Crippen LogP contribution in [0.4, 0.5) is 0 Å². The molecule has 0 aromatic heterocycles. The van der Waals surface area contributed by atoms with Gasteiger partial charge in [0, 0.05) is 10.8 Å². The van der Waals surface area contributed by atoms with Gasteiger partial charge in [0.2, 0.25) is 0 Å². The summed E-state index contributed by atoms with van der Waals surface area (Å²) >= 11 is 14.0. The number of Topliss-reactive ketones (excluding diaryl/α,β-unsaturated/α-hetero) is 1. The zero-order valence-corrected chi connectivity index (χ0v) is 25.0. The van der Waals surface area contributed by atoms with E-state index in [9.17, 15) is 14.7 Å². The summed E-state index contributed by atoms with van der Waals surface area (Å²) in [6.07, 6.45) is 7.83. The number of allylic oxidation sites excluding steroid dienone is 4. The second-order valence-corrected chi connectivity index (χ2v) is 19.2. The second kappa shape index (κ2) is 8.27. The van der Waals surface area contributed by atoms with Gasteiger partial charge < -0.3 is 9.53 Å².